The maximum atomic E-state index is 5.94. The van der Waals surface area contributed by atoms with Gasteiger partial charge in [0.15, 0.2) is 0 Å². The summed E-state index contributed by atoms with van der Waals surface area (Å²) in [7, 11) is 0. The quantitative estimate of drug-likeness (QED) is 0.717. The maximum Gasteiger partial charge on any atom is 0.128 e. The SMILES string of the molecule is c1ccc(COC[C@H]2CN(c3ccccn3)Cc3ccnn3C2)nc1. The van der Waals surface area contributed by atoms with Gasteiger partial charge in [-0.25, -0.2) is 4.98 Å². The van der Waals surface area contributed by atoms with Crippen LogP contribution in [0.25, 0.3) is 0 Å². The van der Waals surface area contributed by atoms with Crippen molar-refractivity contribution in [2.45, 2.75) is 19.7 Å². The van der Waals surface area contributed by atoms with E-state index in [1.165, 1.54) is 5.69 Å². The minimum absolute atomic E-state index is 0.340. The van der Waals surface area contributed by atoms with E-state index in [9.17, 15) is 0 Å². The molecule has 0 saturated heterocycles. The smallest absolute Gasteiger partial charge is 0.128 e. The first-order chi connectivity index (χ1) is 12.4. The minimum Gasteiger partial charge on any atom is -0.375 e. The van der Waals surface area contributed by atoms with Gasteiger partial charge in [0, 0.05) is 37.6 Å². The number of anilines is 1. The number of nitrogens with zero attached hydrogens (tertiary/aromatic N) is 5. The number of ether oxygens (including phenoxy) is 1. The molecule has 1 aliphatic heterocycles. The Morgan fingerprint density at radius 3 is 2.64 bits per heavy atom. The first kappa shape index (κ1) is 15.8. The van der Waals surface area contributed by atoms with E-state index in [0.717, 1.165) is 31.1 Å². The Morgan fingerprint density at radius 1 is 0.960 bits per heavy atom. The molecular weight excluding hydrogens is 314 g/mol. The zero-order chi connectivity index (χ0) is 16.9. The van der Waals surface area contributed by atoms with Crippen LogP contribution in [0, 0.1) is 5.92 Å². The van der Waals surface area contributed by atoms with Crippen LogP contribution >= 0.6 is 0 Å². The van der Waals surface area contributed by atoms with Crippen molar-refractivity contribution in [3.05, 3.63) is 72.4 Å². The molecule has 25 heavy (non-hydrogen) atoms. The van der Waals surface area contributed by atoms with Crippen molar-refractivity contribution in [1.82, 2.24) is 19.7 Å². The lowest BCUT2D eigenvalue weighted by atomic mass is 10.1. The van der Waals surface area contributed by atoms with E-state index in [1.54, 1.807) is 6.20 Å². The van der Waals surface area contributed by atoms with Crippen molar-refractivity contribution in [3.8, 4) is 0 Å². The van der Waals surface area contributed by atoms with Gasteiger partial charge in [-0.3, -0.25) is 9.67 Å². The molecule has 0 aromatic carbocycles. The molecule has 0 N–H and O–H groups in total. The molecule has 0 aliphatic carbocycles. The van der Waals surface area contributed by atoms with E-state index in [-0.39, 0.29) is 0 Å². The molecule has 0 radical (unpaired) electrons. The van der Waals surface area contributed by atoms with E-state index in [0.29, 0.717) is 19.1 Å². The van der Waals surface area contributed by atoms with Gasteiger partial charge in [0.2, 0.25) is 0 Å². The van der Waals surface area contributed by atoms with Crippen molar-refractivity contribution in [1.29, 1.82) is 0 Å². The average molecular weight is 335 g/mol. The van der Waals surface area contributed by atoms with Crippen LogP contribution in [0.2, 0.25) is 0 Å². The van der Waals surface area contributed by atoms with Crippen LogP contribution < -0.4 is 4.90 Å². The molecule has 0 saturated carbocycles. The van der Waals surface area contributed by atoms with Gasteiger partial charge in [-0.2, -0.15) is 5.10 Å². The van der Waals surface area contributed by atoms with Gasteiger partial charge in [-0.1, -0.05) is 12.1 Å². The van der Waals surface area contributed by atoms with Crippen LogP contribution in [0.3, 0.4) is 0 Å². The molecule has 1 atom stereocenters. The molecular formula is C19H21N5O. The van der Waals surface area contributed by atoms with Crippen LogP contribution in [0.1, 0.15) is 11.4 Å². The molecule has 3 aromatic rings. The topological polar surface area (TPSA) is 56.1 Å². The summed E-state index contributed by atoms with van der Waals surface area (Å²) in [6, 6.07) is 14.0. The molecule has 0 fully saturated rings. The van der Waals surface area contributed by atoms with Gasteiger partial charge >= 0.3 is 0 Å². The molecule has 0 spiro atoms. The highest BCUT2D eigenvalue weighted by Crippen LogP contribution is 2.21. The number of hydrogen-bond donors (Lipinski definition) is 0. The first-order valence-electron chi connectivity index (χ1n) is 8.53. The van der Waals surface area contributed by atoms with Crippen LogP contribution in [-0.2, 0) is 24.4 Å². The molecule has 0 unspecified atom stereocenters. The van der Waals surface area contributed by atoms with Gasteiger partial charge in [-0.15, -0.1) is 0 Å². The summed E-state index contributed by atoms with van der Waals surface area (Å²) >= 11 is 0. The zero-order valence-corrected chi connectivity index (χ0v) is 14.0. The summed E-state index contributed by atoms with van der Waals surface area (Å²) < 4.78 is 8.02. The summed E-state index contributed by atoms with van der Waals surface area (Å²) in [5.41, 5.74) is 2.16. The Morgan fingerprint density at radius 2 is 1.84 bits per heavy atom. The molecule has 4 rings (SSSR count). The van der Waals surface area contributed by atoms with E-state index >= 15 is 0 Å². The largest absolute Gasteiger partial charge is 0.375 e. The third-order valence-corrected chi connectivity index (χ3v) is 4.37. The third kappa shape index (κ3) is 3.85. The maximum absolute atomic E-state index is 5.94. The molecule has 128 valence electrons. The third-order valence-electron chi connectivity index (χ3n) is 4.37. The number of fused-ring (bicyclic) bond motifs is 1. The van der Waals surface area contributed by atoms with Crippen LogP contribution in [0.15, 0.2) is 61.1 Å². The molecule has 4 heterocycles. The molecule has 6 nitrogen and oxygen atoms in total. The van der Waals surface area contributed by atoms with E-state index in [1.807, 2.05) is 42.7 Å². The number of pyridine rings is 2. The Balaban J connectivity index is 1.45. The van der Waals surface area contributed by atoms with Gasteiger partial charge in [0.05, 0.1) is 31.1 Å². The second-order valence-electron chi connectivity index (χ2n) is 6.28. The van der Waals surface area contributed by atoms with Gasteiger partial charge in [0.1, 0.15) is 5.82 Å². The van der Waals surface area contributed by atoms with E-state index in [2.05, 4.69) is 36.8 Å². The van der Waals surface area contributed by atoms with Crippen molar-refractivity contribution >= 4 is 5.82 Å². The monoisotopic (exact) mass is 335 g/mol. The number of hydrogen-bond acceptors (Lipinski definition) is 5. The number of aromatic nitrogens is 4. The lowest BCUT2D eigenvalue weighted by molar-refractivity contribution is 0.0809. The Bertz CT molecular complexity index is 790. The summed E-state index contributed by atoms with van der Waals surface area (Å²) in [6.45, 7) is 3.76. The molecule has 6 heteroatoms. The predicted octanol–water partition coefficient (Wildman–Crippen LogP) is 2.53. The lowest BCUT2D eigenvalue weighted by Crippen LogP contribution is -2.30. The fourth-order valence-corrected chi connectivity index (χ4v) is 3.17. The van der Waals surface area contributed by atoms with Crippen LogP contribution in [-0.4, -0.2) is 32.9 Å². The molecule has 3 aromatic heterocycles. The zero-order valence-electron chi connectivity index (χ0n) is 14.0. The molecule has 0 amide bonds. The minimum atomic E-state index is 0.340. The van der Waals surface area contributed by atoms with Crippen molar-refractivity contribution in [2.75, 3.05) is 18.1 Å². The molecule has 0 bridgehead atoms. The van der Waals surface area contributed by atoms with Crippen LogP contribution in [0.4, 0.5) is 5.82 Å². The summed E-state index contributed by atoms with van der Waals surface area (Å²) in [5, 5.41) is 4.46. The highest BCUT2D eigenvalue weighted by Gasteiger charge is 2.23. The fourth-order valence-electron chi connectivity index (χ4n) is 3.17. The van der Waals surface area contributed by atoms with Crippen molar-refractivity contribution < 1.29 is 4.74 Å². The number of rotatable bonds is 5. The van der Waals surface area contributed by atoms with Gasteiger partial charge in [-0.05, 0) is 30.3 Å². The first-order valence-corrected chi connectivity index (χ1v) is 8.53. The van der Waals surface area contributed by atoms with Crippen molar-refractivity contribution in [3.63, 3.8) is 0 Å². The fraction of sp³-hybridized carbons (Fsp3) is 0.316. The van der Waals surface area contributed by atoms with Gasteiger partial charge in [0.25, 0.3) is 0 Å². The van der Waals surface area contributed by atoms with E-state index < -0.39 is 0 Å². The summed E-state index contributed by atoms with van der Waals surface area (Å²) in [4.78, 5) is 11.1. The lowest BCUT2D eigenvalue weighted by Gasteiger charge is -2.24. The predicted molar refractivity (Wildman–Crippen MR) is 94.9 cm³/mol. The highest BCUT2D eigenvalue weighted by atomic mass is 16.5. The standard InChI is InChI=1S/C19H21N5O/c1-3-8-20-17(5-1)15-25-14-16-11-23(19-6-2-4-9-21-19)13-18-7-10-22-24(18)12-16/h1-10,16H,11-15H2/t16-/m0/s1. The van der Waals surface area contributed by atoms with Crippen molar-refractivity contribution in [2.24, 2.45) is 5.92 Å². The average Bonchev–Trinajstić information content (AvgIpc) is 3.02. The summed E-state index contributed by atoms with van der Waals surface area (Å²) in [5.74, 6) is 1.33. The Hall–Kier alpha value is -2.73. The molecule has 1 aliphatic rings. The Kier molecular flexibility index (Phi) is 4.70. The normalized spacial score (nSPS) is 17.1. The Labute approximate surface area is 147 Å². The highest BCUT2D eigenvalue weighted by molar-refractivity contribution is 5.38. The second-order valence-corrected chi connectivity index (χ2v) is 6.28. The van der Waals surface area contributed by atoms with Gasteiger partial charge < -0.3 is 9.64 Å². The second kappa shape index (κ2) is 7.44. The summed E-state index contributed by atoms with van der Waals surface area (Å²) in [6.07, 6.45) is 5.50. The van der Waals surface area contributed by atoms with E-state index in [4.69, 9.17) is 4.74 Å². The van der Waals surface area contributed by atoms with Crippen LogP contribution in [0.5, 0.6) is 0 Å².